The van der Waals surface area contributed by atoms with E-state index >= 15 is 0 Å². The fourth-order valence-electron chi connectivity index (χ4n) is 1.72. The summed E-state index contributed by atoms with van der Waals surface area (Å²) in [6.07, 6.45) is 2.39. The Morgan fingerprint density at radius 2 is 1.86 bits per heavy atom. The van der Waals surface area contributed by atoms with E-state index in [1.807, 2.05) is 0 Å². The van der Waals surface area contributed by atoms with Crippen molar-refractivity contribution in [1.82, 2.24) is 9.99 Å². The summed E-state index contributed by atoms with van der Waals surface area (Å²) in [5.74, 6) is -1.28. The van der Waals surface area contributed by atoms with Crippen molar-refractivity contribution in [2.75, 3.05) is 5.43 Å². The predicted octanol–water partition coefficient (Wildman–Crippen LogP) is 2.98. The van der Waals surface area contributed by atoms with Gasteiger partial charge in [-0.05, 0) is 32.9 Å². The number of anilines is 1. The lowest BCUT2D eigenvalue weighted by Gasteiger charge is -2.14. The maximum absolute atomic E-state index is 13.2. The highest BCUT2D eigenvalue weighted by atomic mass is 32.1. The molecule has 21 heavy (non-hydrogen) atoms. The molecule has 2 heterocycles. The van der Waals surface area contributed by atoms with Gasteiger partial charge >= 0.3 is 0 Å². The molecule has 0 saturated carbocycles. The molecule has 1 aliphatic heterocycles. The first-order valence-corrected chi connectivity index (χ1v) is 6.96. The van der Waals surface area contributed by atoms with Gasteiger partial charge in [0, 0.05) is 11.1 Å². The Bertz CT molecular complexity index is 679. The van der Waals surface area contributed by atoms with Gasteiger partial charge in [-0.15, -0.1) is 0 Å². The van der Waals surface area contributed by atoms with Gasteiger partial charge in [0.05, 0.1) is 10.6 Å². The molecule has 1 aromatic rings. The fraction of sp³-hybridized carbons (Fsp3) is 0.214. The summed E-state index contributed by atoms with van der Waals surface area (Å²) in [5.41, 5.74) is 4.08. The number of nitrogens with zero attached hydrogens (tertiary/aromatic N) is 2. The molecule has 110 valence electrons. The number of aromatic nitrogens is 1. The number of allylic oxidation sites excluding steroid dienone is 2. The van der Waals surface area contributed by atoms with Crippen molar-refractivity contribution >= 4 is 34.4 Å². The lowest BCUT2D eigenvalue weighted by molar-refractivity contribution is -0.135. The molecule has 1 N–H and O–H groups in total. The maximum Gasteiger partial charge on any atom is 0.275 e. The summed E-state index contributed by atoms with van der Waals surface area (Å²) in [6, 6.07) is 0. The van der Waals surface area contributed by atoms with E-state index < -0.39 is 17.6 Å². The van der Waals surface area contributed by atoms with Gasteiger partial charge in [0.2, 0.25) is 5.13 Å². The number of halogens is 1. The number of aryl methyl sites for hydroxylation is 1. The Morgan fingerprint density at radius 1 is 1.29 bits per heavy atom. The number of hydrogen-bond donors (Lipinski definition) is 1. The zero-order valence-electron chi connectivity index (χ0n) is 11.9. The Labute approximate surface area is 125 Å². The molecule has 0 spiro atoms. The zero-order chi connectivity index (χ0) is 15.7. The van der Waals surface area contributed by atoms with Gasteiger partial charge in [0.15, 0.2) is 0 Å². The Hall–Kier alpha value is -2.28. The van der Waals surface area contributed by atoms with Crippen LogP contribution in [0.2, 0.25) is 0 Å². The Balaban J connectivity index is 2.23. The monoisotopic (exact) mass is 307 g/mol. The van der Waals surface area contributed by atoms with Crippen molar-refractivity contribution in [1.29, 1.82) is 0 Å². The standard InChI is InChI=1S/C14H14FN3O2S/c1-5-10(15)6-11-9(4)16-14(21-11)17-18-12(19)7(2)8(3)13(18)20/h5-6H,1H2,2-4H3,(H,16,17)/b10-6+. The minimum Gasteiger partial charge on any atom is -0.267 e. The largest absolute Gasteiger partial charge is 0.275 e. The van der Waals surface area contributed by atoms with Crippen LogP contribution in [0.1, 0.15) is 24.4 Å². The summed E-state index contributed by atoms with van der Waals surface area (Å²) in [5, 5.41) is 1.26. The molecular weight excluding hydrogens is 293 g/mol. The summed E-state index contributed by atoms with van der Waals surface area (Å²) in [6.45, 7) is 8.24. The number of hydrazine groups is 1. The summed E-state index contributed by atoms with van der Waals surface area (Å²) in [7, 11) is 0. The van der Waals surface area contributed by atoms with Crippen LogP contribution in [0.15, 0.2) is 29.6 Å². The molecule has 0 atom stereocenters. The molecule has 0 saturated heterocycles. The van der Waals surface area contributed by atoms with E-state index in [-0.39, 0.29) is 0 Å². The average molecular weight is 307 g/mol. The van der Waals surface area contributed by atoms with Crippen LogP contribution in [0.25, 0.3) is 6.08 Å². The molecule has 5 nitrogen and oxygen atoms in total. The highest BCUT2D eigenvalue weighted by molar-refractivity contribution is 7.16. The van der Waals surface area contributed by atoms with Gasteiger partial charge in [-0.25, -0.2) is 9.37 Å². The lowest BCUT2D eigenvalue weighted by atomic mass is 10.2. The lowest BCUT2D eigenvalue weighted by Crippen LogP contribution is -2.36. The van der Waals surface area contributed by atoms with Crippen molar-refractivity contribution in [2.24, 2.45) is 0 Å². The summed E-state index contributed by atoms with van der Waals surface area (Å²) in [4.78, 5) is 28.6. The number of hydrogen-bond acceptors (Lipinski definition) is 5. The number of carbonyl (C=O) groups is 2. The quantitative estimate of drug-likeness (QED) is 0.686. The first kappa shape index (κ1) is 15.1. The molecule has 2 amide bonds. The minimum atomic E-state index is -0.477. The fourth-order valence-corrected chi connectivity index (χ4v) is 2.61. The maximum atomic E-state index is 13.2. The first-order valence-electron chi connectivity index (χ1n) is 6.15. The van der Waals surface area contributed by atoms with Gasteiger partial charge < -0.3 is 0 Å². The number of amides is 2. The average Bonchev–Trinajstić information content (AvgIpc) is 2.88. The van der Waals surface area contributed by atoms with Crippen LogP contribution in [-0.2, 0) is 9.59 Å². The van der Waals surface area contributed by atoms with E-state index in [9.17, 15) is 14.0 Å². The van der Waals surface area contributed by atoms with Crippen molar-refractivity contribution in [3.63, 3.8) is 0 Å². The smallest absolute Gasteiger partial charge is 0.267 e. The van der Waals surface area contributed by atoms with Crippen LogP contribution in [0.4, 0.5) is 9.52 Å². The molecule has 1 aliphatic rings. The molecule has 1 aromatic heterocycles. The van der Waals surface area contributed by atoms with Crippen molar-refractivity contribution in [3.8, 4) is 0 Å². The Kier molecular flexibility index (Phi) is 4.04. The second-order valence-electron chi connectivity index (χ2n) is 4.51. The third kappa shape index (κ3) is 2.78. The first-order chi connectivity index (χ1) is 9.85. The second-order valence-corrected chi connectivity index (χ2v) is 5.54. The van der Waals surface area contributed by atoms with E-state index in [4.69, 9.17) is 0 Å². The van der Waals surface area contributed by atoms with Crippen LogP contribution < -0.4 is 5.43 Å². The molecule has 2 rings (SSSR count). The number of thiazole rings is 1. The van der Waals surface area contributed by atoms with Crippen LogP contribution in [0.3, 0.4) is 0 Å². The molecule has 0 radical (unpaired) electrons. The van der Waals surface area contributed by atoms with Gasteiger partial charge in [-0.1, -0.05) is 17.9 Å². The topological polar surface area (TPSA) is 62.3 Å². The Morgan fingerprint density at radius 3 is 2.38 bits per heavy atom. The number of carbonyl (C=O) groups excluding carboxylic acids is 2. The number of imide groups is 1. The van der Waals surface area contributed by atoms with Gasteiger partial charge in [0.1, 0.15) is 5.83 Å². The van der Waals surface area contributed by atoms with Crippen LogP contribution >= 0.6 is 11.3 Å². The van der Waals surface area contributed by atoms with Crippen LogP contribution in [-0.4, -0.2) is 21.8 Å². The third-order valence-electron chi connectivity index (χ3n) is 3.11. The van der Waals surface area contributed by atoms with Crippen LogP contribution in [0.5, 0.6) is 0 Å². The van der Waals surface area contributed by atoms with E-state index in [1.54, 1.807) is 20.8 Å². The molecule has 7 heteroatoms. The molecule has 0 aromatic carbocycles. The minimum absolute atomic E-state index is 0.347. The molecular formula is C14H14FN3O2S. The predicted molar refractivity (Wildman–Crippen MR) is 80.0 cm³/mol. The molecule has 0 unspecified atom stereocenters. The molecule has 0 aliphatic carbocycles. The highest BCUT2D eigenvalue weighted by Crippen LogP contribution is 2.28. The summed E-state index contributed by atoms with van der Waals surface area (Å²) >= 11 is 1.15. The highest BCUT2D eigenvalue weighted by Gasteiger charge is 2.34. The normalized spacial score (nSPS) is 16.0. The SMILES string of the molecule is C=C/C(F)=C\c1sc(NN2C(=O)C(C)=C(C)C2=O)nc1C. The molecule has 0 bridgehead atoms. The van der Waals surface area contributed by atoms with E-state index in [0.717, 1.165) is 22.4 Å². The molecule has 0 fully saturated rings. The van der Waals surface area contributed by atoms with Crippen molar-refractivity contribution in [2.45, 2.75) is 20.8 Å². The van der Waals surface area contributed by atoms with Gasteiger partial charge in [-0.3, -0.25) is 15.0 Å². The second kappa shape index (κ2) is 5.61. The van der Waals surface area contributed by atoms with Gasteiger partial charge in [-0.2, -0.15) is 5.01 Å². The van der Waals surface area contributed by atoms with Crippen molar-refractivity contribution in [3.05, 3.63) is 40.2 Å². The summed E-state index contributed by atoms with van der Waals surface area (Å²) < 4.78 is 13.2. The van der Waals surface area contributed by atoms with Crippen molar-refractivity contribution < 1.29 is 14.0 Å². The third-order valence-corrected chi connectivity index (χ3v) is 4.12. The van der Waals surface area contributed by atoms with Gasteiger partial charge in [0.25, 0.3) is 11.8 Å². The zero-order valence-corrected chi connectivity index (χ0v) is 12.7. The number of rotatable bonds is 4. The van der Waals surface area contributed by atoms with E-state index in [2.05, 4.69) is 17.0 Å². The van der Waals surface area contributed by atoms with Crippen LogP contribution in [0, 0.1) is 6.92 Å². The van der Waals surface area contributed by atoms with E-state index in [0.29, 0.717) is 26.8 Å². The van der Waals surface area contributed by atoms with E-state index in [1.165, 1.54) is 6.08 Å². The number of nitrogens with one attached hydrogen (secondary N) is 1.